The van der Waals surface area contributed by atoms with Gasteiger partial charge >= 0.3 is 0 Å². The van der Waals surface area contributed by atoms with Crippen LogP contribution in [0.25, 0.3) is 0 Å². The second kappa shape index (κ2) is 9.27. The van der Waals surface area contributed by atoms with E-state index in [0.717, 1.165) is 12.1 Å². The molecule has 0 fully saturated rings. The lowest BCUT2D eigenvalue weighted by Gasteiger charge is -2.06. The van der Waals surface area contributed by atoms with Crippen LogP contribution in [0.15, 0.2) is 0 Å². The van der Waals surface area contributed by atoms with Crippen molar-refractivity contribution in [3.05, 3.63) is 0 Å². The van der Waals surface area contributed by atoms with Crippen LogP contribution in [-0.2, 0) is 0 Å². The lowest BCUT2D eigenvalue weighted by molar-refractivity contribution is 0.550. The molecule has 0 aliphatic carbocycles. The Balaban J connectivity index is 3.02. The zero-order chi connectivity index (χ0) is 9.23. The first-order valence-electron chi connectivity index (χ1n) is 5.49. The summed E-state index contributed by atoms with van der Waals surface area (Å²) in [5.41, 5.74) is 0. The fourth-order valence-corrected chi connectivity index (χ4v) is 3.32. The fraction of sp³-hybridized carbons (Fsp3) is 1.00. The van der Waals surface area contributed by atoms with Gasteiger partial charge in [0.2, 0.25) is 0 Å². The zero-order valence-corrected chi connectivity index (χ0v) is 9.84. The molecule has 1 nitrogen and oxygen atoms in total. The number of hydrogen-bond donors (Lipinski definition) is 1. The van der Waals surface area contributed by atoms with Crippen LogP contribution >= 0.6 is 0 Å². The Hall–Kier alpha value is 0.177. The van der Waals surface area contributed by atoms with Crippen molar-refractivity contribution in [1.82, 2.24) is 0 Å². The summed E-state index contributed by atoms with van der Waals surface area (Å²) in [6.07, 6.45) is 7.71. The number of unbranched alkanes of at least 4 members (excludes halogenated alkanes) is 4. The molecule has 0 spiro atoms. The molecule has 2 heteroatoms. The van der Waals surface area contributed by atoms with E-state index in [1.54, 1.807) is 0 Å². The second-order valence-electron chi connectivity index (χ2n) is 3.65. The molecule has 1 atom stereocenters. The highest BCUT2D eigenvalue weighted by molar-refractivity contribution is 6.50. The van der Waals surface area contributed by atoms with Gasteiger partial charge in [-0.15, -0.1) is 0 Å². The molecule has 1 N–H and O–H groups in total. The van der Waals surface area contributed by atoms with Gasteiger partial charge in [-0.2, -0.15) is 0 Å². The molecule has 0 aliphatic heterocycles. The predicted octanol–water partition coefficient (Wildman–Crippen LogP) is 3.08. The fourth-order valence-electron chi connectivity index (χ4n) is 1.39. The summed E-state index contributed by atoms with van der Waals surface area (Å²) in [5, 5.41) is 0. The third-order valence-electron chi connectivity index (χ3n) is 2.28. The summed E-state index contributed by atoms with van der Waals surface area (Å²) in [6.45, 7) is 4.42. The first kappa shape index (κ1) is 12.2. The Kier molecular flexibility index (Phi) is 9.40. The molecular weight excluding hydrogens is 164 g/mol. The minimum Gasteiger partial charge on any atom is -0.435 e. The first-order chi connectivity index (χ1) is 5.81. The molecule has 0 saturated carbocycles. The van der Waals surface area contributed by atoms with E-state index in [2.05, 4.69) is 13.8 Å². The Morgan fingerprint density at radius 2 is 1.42 bits per heavy atom. The molecular formula is C10H24OSi. The largest absolute Gasteiger partial charge is 0.435 e. The average Bonchev–Trinajstić information content (AvgIpc) is 2.09. The molecule has 0 bridgehead atoms. The van der Waals surface area contributed by atoms with Crippen LogP contribution in [0.5, 0.6) is 0 Å². The van der Waals surface area contributed by atoms with Crippen molar-refractivity contribution >= 4 is 9.04 Å². The molecule has 1 unspecified atom stereocenters. The van der Waals surface area contributed by atoms with Crippen LogP contribution in [-0.4, -0.2) is 13.8 Å². The van der Waals surface area contributed by atoms with Gasteiger partial charge in [0.05, 0.1) is 0 Å². The molecule has 0 aromatic rings. The van der Waals surface area contributed by atoms with Gasteiger partial charge in [-0.05, 0) is 12.1 Å². The summed E-state index contributed by atoms with van der Waals surface area (Å²) in [6, 6.07) is 2.29. The minimum atomic E-state index is -1.26. The van der Waals surface area contributed by atoms with Crippen LogP contribution in [0.4, 0.5) is 0 Å². The van der Waals surface area contributed by atoms with Crippen molar-refractivity contribution in [2.24, 2.45) is 0 Å². The maximum Gasteiger partial charge on any atom is 0.172 e. The molecule has 0 rings (SSSR count). The highest BCUT2D eigenvalue weighted by atomic mass is 28.3. The SMILES string of the molecule is CCCCCC[SiH](O)CCCC. The van der Waals surface area contributed by atoms with Crippen molar-refractivity contribution in [1.29, 1.82) is 0 Å². The van der Waals surface area contributed by atoms with E-state index >= 15 is 0 Å². The molecule has 0 radical (unpaired) electrons. The Labute approximate surface area is 78.9 Å². The lowest BCUT2D eigenvalue weighted by atomic mass is 10.2. The second-order valence-corrected chi connectivity index (χ2v) is 6.11. The van der Waals surface area contributed by atoms with E-state index in [1.165, 1.54) is 38.5 Å². The van der Waals surface area contributed by atoms with E-state index in [0.29, 0.717) is 0 Å². The number of rotatable bonds is 8. The third kappa shape index (κ3) is 8.28. The monoisotopic (exact) mass is 188 g/mol. The molecule has 0 saturated heterocycles. The summed E-state index contributed by atoms with van der Waals surface area (Å²) in [5.74, 6) is 0. The van der Waals surface area contributed by atoms with E-state index in [1.807, 2.05) is 0 Å². The van der Waals surface area contributed by atoms with Crippen LogP contribution in [0, 0.1) is 0 Å². The Morgan fingerprint density at radius 1 is 0.833 bits per heavy atom. The van der Waals surface area contributed by atoms with Gasteiger partial charge in [-0.25, -0.2) is 0 Å². The normalized spacial score (nSPS) is 13.2. The van der Waals surface area contributed by atoms with Gasteiger partial charge in [0.1, 0.15) is 0 Å². The highest BCUT2D eigenvalue weighted by Gasteiger charge is 2.04. The summed E-state index contributed by atoms with van der Waals surface area (Å²) >= 11 is 0. The molecule has 0 amide bonds. The molecule has 12 heavy (non-hydrogen) atoms. The van der Waals surface area contributed by atoms with E-state index < -0.39 is 9.04 Å². The quantitative estimate of drug-likeness (QED) is 0.458. The van der Waals surface area contributed by atoms with Crippen molar-refractivity contribution < 1.29 is 4.80 Å². The molecule has 0 aromatic carbocycles. The minimum absolute atomic E-state index is 1.14. The van der Waals surface area contributed by atoms with Gasteiger partial charge in [-0.1, -0.05) is 52.4 Å². The van der Waals surface area contributed by atoms with Crippen LogP contribution < -0.4 is 0 Å². The van der Waals surface area contributed by atoms with Gasteiger partial charge in [0.25, 0.3) is 0 Å². The van der Waals surface area contributed by atoms with Crippen LogP contribution in [0.1, 0.15) is 52.4 Å². The Bertz CT molecular complexity index is 85.9. The Morgan fingerprint density at radius 3 is 2.00 bits per heavy atom. The molecule has 0 heterocycles. The van der Waals surface area contributed by atoms with E-state index in [9.17, 15) is 4.80 Å². The van der Waals surface area contributed by atoms with Crippen molar-refractivity contribution in [2.45, 2.75) is 64.5 Å². The van der Waals surface area contributed by atoms with Crippen LogP contribution in [0.2, 0.25) is 12.1 Å². The van der Waals surface area contributed by atoms with Gasteiger partial charge in [0.15, 0.2) is 9.04 Å². The van der Waals surface area contributed by atoms with Gasteiger partial charge in [0, 0.05) is 0 Å². The van der Waals surface area contributed by atoms with Crippen LogP contribution in [0.3, 0.4) is 0 Å². The highest BCUT2D eigenvalue weighted by Crippen LogP contribution is 2.09. The summed E-state index contributed by atoms with van der Waals surface area (Å²) in [7, 11) is -1.26. The molecule has 74 valence electrons. The van der Waals surface area contributed by atoms with Crippen molar-refractivity contribution in [3.63, 3.8) is 0 Å². The third-order valence-corrected chi connectivity index (χ3v) is 4.43. The number of hydrogen-bond acceptors (Lipinski definition) is 1. The van der Waals surface area contributed by atoms with E-state index in [4.69, 9.17) is 0 Å². The summed E-state index contributed by atoms with van der Waals surface area (Å²) in [4.78, 5) is 9.62. The average molecular weight is 188 g/mol. The van der Waals surface area contributed by atoms with Crippen molar-refractivity contribution in [2.75, 3.05) is 0 Å². The topological polar surface area (TPSA) is 20.2 Å². The smallest absolute Gasteiger partial charge is 0.172 e. The molecule has 0 aliphatic rings. The maximum absolute atomic E-state index is 9.62. The zero-order valence-electron chi connectivity index (χ0n) is 8.68. The standard InChI is InChI=1S/C10H24OSi/c1-3-5-7-8-10-12(11)9-6-4-2/h11-12H,3-10H2,1-2H3. The molecule has 0 aromatic heterocycles. The summed E-state index contributed by atoms with van der Waals surface area (Å²) < 4.78 is 0. The lowest BCUT2D eigenvalue weighted by Crippen LogP contribution is -2.10. The predicted molar refractivity (Wildman–Crippen MR) is 58.0 cm³/mol. The maximum atomic E-state index is 9.62. The van der Waals surface area contributed by atoms with Gasteiger partial charge in [-0.3, -0.25) is 0 Å². The van der Waals surface area contributed by atoms with Crippen molar-refractivity contribution in [3.8, 4) is 0 Å². The van der Waals surface area contributed by atoms with Gasteiger partial charge < -0.3 is 4.80 Å². The van der Waals surface area contributed by atoms with E-state index in [-0.39, 0.29) is 0 Å². The first-order valence-corrected chi connectivity index (χ1v) is 7.64.